The van der Waals surface area contributed by atoms with Crippen LogP contribution in [0.15, 0.2) is 48.2 Å². The summed E-state index contributed by atoms with van der Waals surface area (Å²) in [5.74, 6) is -0.0625. The largest absolute Gasteiger partial charge is 0.512 e. The summed E-state index contributed by atoms with van der Waals surface area (Å²) in [5.41, 5.74) is 8.39. The van der Waals surface area contributed by atoms with Gasteiger partial charge in [0.05, 0.1) is 11.3 Å². The number of hydrogen-bond donors (Lipinski definition) is 1. The molecule has 0 amide bonds. The third-order valence-electron chi connectivity index (χ3n) is 4.64. The number of aromatic nitrogens is 1. The van der Waals surface area contributed by atoms with E-state index in [2.05, 4.69) is 64.1 Å². The Morgan fingerprint density at radius 3 is 2.28 bits per heavy atom. The molecule has 3 nitrogen and oxygen atoms in total. The number of pyridine rings is 1. The molecule has 0 aliphatic carbocycles. The molecular weight excluding hydrogens is 538 g/mol. The van der Waals surface area contributed by atoms with Gasteiger partial charge in [0.15, 0.2) is 5.78 Å². The summed E-state index contributed by atoms with van der Waals surface area (Å²) in [6, 6.07) is 16.2. The molecule has 0 aliphatic rings. The van der Waals surface area contributed by atoms with Gasteiger partial charge in [-0.2, -0.15) is 0 Å². The minimum atomic E-state index is -0.125. The Bertz CT molecular complexity index is 1030. The zero-order valence-electron chi connectivity index (χ0n) is 17.9. The van der Waals surface area contributed by atoms with Crippen LogP contribution in [-0.2, 0) is 31.3 Å². The minimum absolute atomic E-state index is 0. The van der Waals surface area contributed by atoms with Crippen molar-refractivity contribution in [2.24, 2.45) is 0 Å². The maximum absolute atomic E-state index is 10.0. The first-order valence-corrected chi connectivity index (χ1v) is 9.48. The molecule has 0 bridgehead atoms. The molecule has 0 saturated carbocycles. The number of carbonyl (C=O) groups excluding carboxylic acids is 1. The van der Waals surface area contributed by atoms with Gasteiger partial charge < -0.3 is 5.11 Å². The van der Waals surface area contributed by atoms with E-state index in [1.165, 1.54) is 47.6 Å². The van der Waals surface area contributed by atoms with Gasteiger partial charge in [-0.3, -0.25) is 9.78 Å². The van der Waals surface area contributed by atoms with Crippen molar-refractivity contribution in [1.29, 1.82) is 0 Å². The first-order chi connectivity index (χ1) is 13.2. The molecule has 1 heterocycles. The van der Waals surface area contributed by atoms with Gasteiger partial charge >= 0.3 is 0 Å². The average molecular weight is 567 g/mol. The Balaban J connectivity index is 0.000000456. The summed E-state index contributed by atoms with van der Waals surface area (Å²) in [7, 11) is 0. The van der Waals surface area contributed by atoms with E-state index in [-0.39, 0.29) is 31.6 Å². The molecule has 1 radical (unpaired) electrons. The fourth-order valence-electron chi connectivity index (χ4n) is 2.97. The number of rotatable bonds is 3. The van der Waals surface area contributed by atoms with Crippen molar-refractivity contribution in [3.05, 3.63) is 76.6 Å². The second kappa shape index (κ2) is 11.0. The fourth-order valence-corrected chi connectivity index (χ4v) is 2.97. The van der Waals surface area contributed by atoms with Gasteiger partial charge in [0, 0.05) is 26.2 Å². The van der Waals surface area contributed by atoms with Crippen LogP contribution in [0.2, 0.25) is 0 Å². The van der Waals surface area contributed by atoms with Gasteiger partial charge in [0.2, 0.25) is 0 Å². The SMILES string of the molecule is CC(=O)/C=C(/C)O.CCc1cc2ccc(-c3[c-]cc(C)c(C)c3)nc2cc1C.[Ir]. The zero-order chi connectivity index (χ0) is 20.8. The minimum Gasteiger partial charge on any atom is -0.512 e. The molecule has 0 spiro atoms. The van der Waals surface area contributed by atoms with E-state index in [0.717, 1.165) is 23.2 Å². The van der Waals surface area contributed by atoms with Gasteiger partial charge in [-0.25, -0.2) is 0 Å². The predicted octanol–water partition coefficient (Wildman–Crippen LogP) is 6.22. The quantitative estimate of drug-likeness (QED) is 0.233. The molecule has 0 saturated heterocycles. The molecule has 1 aromatic heterocycles. The summed E-state index contributed by atoms with van der Waals surface area (Å²) < 4.78 is 0. The van der Waals surface area contributed by atoms with Crippen LogP contribution in [0.25, 0.3) is 22.2 Å². The molecule has 4 heteroatoms. The van der Waals surface area contributed by atoms with Crippen molar-refractivity contribution in [2.45, 2.75) is 48.0 Å². The summed E-state index contributed by atoms with van der Waals surface area (Å²) >= 11 is 0. The van der Waals surface area contributed by atoms with Gasteiger partial charge in [-0.15, -0.1) is 34.9 Å². The van der Waals surface area contributed by atoms with Crippen LogP contribution in [0, 0.1) is 26.8 Å². The van der Waals surface area contributed by atoms with Crippen molar-refractivity contribution < 1.29 is 30.0 Å². The van der Waals surface area contributed by atoms with Crippen molar-refractivity contribution in [2.75, 3.05) is 0 Å². The van der Waals surface area contributed by atoms with Crippen molar-refractivity contribution >= 4 is 16.7 Å². The summed E-state index contributed by atoms with van der Waals surface area (Å²) in [6.45, 7) is 11.4. The van der Waals surface area contributed by atoms with Crippen LogP contribution >= 0.6 is 0 Å². The van der Waals surface area contributed by atoms with E-state index < -0.39 is 0 Å². The second-order valence-electron chi connectivity index (χ2n) is 7.13. The van der Waals surface area contributed by atoms with Crippen LogP contribution in [0.5, 0.6) is 0 Å². The number of ketones is 1. The van der Waals surface area contributed by atoms with Crippen LogP contribution in [0.1, 0.15) is 43.0 Å². The van der Waals surface area contributed by atoms with Crippen LogP contribution in [0.3, 0.4) is 0 Å². The Morgan fingerprint density at radius 2 is 1.76 bits per heavy atom. The monoisotopic (exact) mass is 567 g/mol. The Morgan fingerprint density at radius 1 is 1.07 bits per heavy atom. The number of nitrogens with zero attached hydrogens (tertiary/aromatic N) is 1. The van der Waals surface area contributed by atoms with Crippen molar-refractivity contribution in [3.8, 4) is 11.3 Å². The molecule has 2 aromatic carbocycles. The van der Waals surface area contributed by atoms with E-state index in [9.17, 15) is 4.79 Å². The van der Waals surface area contributed by atoms with E-state index in [4.69, 9.17) is 10.1 Å². The first-order valence-electron chi connectivity index (χ1n) is 9.48. The number of allylic oxidation sites excluding steroid dienone is 2. The molecule has 0 atom stereocenters. The molecule has 29 heavy (non-hydrogen) atoms. The topological polar surface area (TPSA) is 50.2 Å². The number of aliphatic hydroxyl groups is 1. The molecule has 155 valence electrons. The van der Waals surface area contributed by atoms with Gasteiger partial charge in [-0.1, -0.05) is 32.9 Å². The van der Waals surface area contributed by atoms with Gasteiger partial charge in [0.25, 0.3) is 0 Å². The maximum atomic E-state index is 10.0. The third-order valence-corrected chi connectivity index (χ3v) is 4.64. The average Bonchev–Trinajstić information content (AvgIpc) is 2.62. The zero-order valence-corrected chi connectivity index (χ0v) is 20.3. The van der Waals surface area contributed by atoms with E-state index in [0.29, 0.717) is 0 Å². The standard InChI is InChI=1S/C20H20N.C5H8O2.Ir/c1-5-16-12-18-8-9-19(21-20(18)11-15(16)4)17-7-6-13(2)14(3)10-17;1-4(6)3-5(2)7;/h6,8-12H,5H2,1-4H3;3,6H,1-2H3;/q-1;;/b;4-3-;. The molecule has 3 rings (SSSR count). The maximum Gasteiger partial charge on any atom is 0.155 e. The Labute approximate surface area is 187 Å². The third kappa shape index (κ3) is 6.92. The van der Waals surface area contributed by atoms with Crippen molar-refractivity contribution in [1.82, 2.24) is 4.98 Å². The normalized spacial score (nSPS) is 10.8. The van der Waals surface area contributed by atoms with E-state index in [1.54, 1.807) is 0 Å². The smallest absolute Gasteiger partial charge is 0.155 e. The number of aryl methyl sites for hydroxylation is 4. The Kier molecular flexibility index (Phi) is 9.42. The molecule has 0 fully saturated rings. The fraction of sp³-hybridized carbons (Fsp3) is 0.280. The van der Waals surface area contributed by atoms with E-state index >= 15 is 0 Å². The number of benzene rings is 2. The predicted molar refractivity (Wildman–Crippen MR) is 117 cm³/mol. The summed E-state index contributed by atoms with van der Waals surface area (Å²) in [5, 5.41) is 9.58. The van der Waals surface area contributed by atoms with Gasteiger partial charge in [0.1, 0.15) is 0 Å². The number of hydrogen-bond acceptors (Lipinski definition) is 3. The molecule has 0 aliphatic heterocycles. The van der Waals surface area contributed by atoms with Crippen LogP contribution in [-0.4, -0.2) is 15.9 Å². The summed E-state index contributed by atoms with van der Waals surface area (Å²) in [4.78, 5) is 14.8. The van der Waals surface area contributed by atoms with Crippen molar-refractivity contribution in [3.63, 3.8) is 0 Å². The number of fused-ring (bicyclic) bond motifs is 1. The Hall–Kier alpha value is -2.29. The number of carbonyl (C=O) groups is 1. The molecule has 3 aromatic rings. The molecular formula is C25H28IrNO2-. The number of aliphatic hydroxyl groups excluding tert-OH is 1. The molecule has 0 unspecified atom stereocenters. The van der Waals surface area contributed by atoms with Gasteiger partial charge in [-0.05, 0) is 61.5 Å². The van der Waals surface area contributed by atoms with Crippen LogP contribution < -0.4 is 0 Å². The first kappa shape index (κ1) is 24.7. The second-order valence-corrected chi connectivity index (χ2v) is 7.13. The summed E-state index contributed by atoms with van der Waals surface area (Å²) in [6.07, 6.45) is 2.23. The molecule has 1 N–H and O–H groups in total. The van der Waals surface area contributed by atoms with Crippen LogP contribution in [0.4, 0.5) is 0 Å². The van der Waals surface area contributed by atoms with E-state index in [1.807, 2.05) is 6.07 Å².